The summed E-state index contributed by atoms with van der Waals surface area (Å²) in [6, 6.07) is 16.5. The van der Waals surface area contributed by atoms with E-state index in [0.29, 0.717) is 18.5 Å². The Balaban J connectivity index is 1.73. The SMILES string of the molecule is C=C(CCN1C=C(C(C)=O)C(c2ccccc2)NC1=O)c1ccc(OC)cc1. The fourth-order valence-electron chi connectivity index (χ4n) is 3.18. The molecule has 2 amide bonds. The zero-order valence-corrected chi connectivity index (χ0v) is 16.1. The van der Waals surface area contributed by atoms with Crippen LogP contribution in [-0.4, -0.2) is 30.4 Å². The van der Waals surface area contributed by atoms with Crippen molar-refractivity contribution in [3.8, 4) is 5.75 Å². The molecule has 1 aliphatic rings. The van der Waals surface area contributed by atoms with Crippen molar-refractivity contribution < 1.29 is 14.3 Å². The molecule has 0 fully saturated rings. The lowest BCUT2D eigenvalue weighted by molar-refractivity contribution is -0.114. The Morgan fingerprint density at radius 3 is 2.43 bits per heavy atom. The van der Waals surface area contributed by atoms with Crippen LogP contribution in [0.3, 0.4) is 0 Å². The molecule has 0 saturated heterocycles. The zero-order valence-electron chi connectivity index (χ0n) is 16.1. The van der Waals surface area contributed by atoms with Gasteiger partial charge in [-0.05, 0) is 42.2 Å². The summed E-state index contributed by atoms with van der Waals surface area (Å²) in [5.41, 5.74) is 3.37. The first-order valence-corrected chi connectivity index (χ1v) is 9.16. The van der Waals surface area contributed by atoms with E-state index in [2.05, 4.69) is 11.9 Å². The Labute approximate surface area is 165 Å². The summed E-state index contributed by atoms with van der Waals surface area (Å²) in [6.07, 6.45) is 2.26. The third-order valence-electron chi connectivity index (χ3n) is 4.83. The van der Waals surface area contributed by atoms with E-state index in [1.54, 1.807) is 18.2 Å². The van der Waals surface area contributed by atoms with Crippen LogP contribution >= 0.6 is 0 Å². The van der Waals surface area contributed by atoms with E-state index in [4.69, 9.17) is 4.74 Å². The van der Waals surface area contributed by atoms with Crippen LogP contribution in [0.25, 0.3) is 5.57 Å². The molecule has 1 atom stereocenters. The molecule has 0 aromatic heterocycles. The van der Waals surface area contributed by atoms with Crippen LogP contribution < -0.4 is 10.1 Å². The smallest absolute Gasteiger partial charge is 0.322 e. The number of carbonyl (C=O) groups excluding carboxylic acids is 2. The van der Waals surface area contributed by atoms with Crippen molar-refractivity contribution in [3.05, 3.63) is 84.1 Å². The summed E-state index contributed by atoms with van der Waals surface area (Å²) >= 11 is 0. The number of ether oxygens (including phenoxy) is 1. The van der Waals surface area contributed by atoms with Gasteiger partial charge in [-0.1, -0.05) is 49.0 Å². The van der Waals surface area contributed by atoms with Crippen molar-refractivity contribution >= 4 is 17.4 Å². The van der Waals surface area contributed by atoms with Gasteiger partial charge in [0.15, 0.2) is 5.78 Å². The second-order valence-corrected chi connectivity index (χ2v) is 6.71. The van der Waals surface area contributed by atoms with Crippen LogP contribution in [0.4, 0.5) is 4.79 Å². The van der Waals surface area contributed by atoms with Crippen molar-refractivity contribution in [2.45, 2.75) is 19.4 Å². The molecular formula is C23H24N2O3. The van der Waals surface area contributed by atoms with E-state index >= 15 is 0 Å². The van der Waals surface area contributed by atoms with Crippen molar-refractivity contribution in [2.24, 2.45) is 0 Å². The minimum absolute atomic E-state index is 0.0622. The summed E-state index contributed by atoms with van der Waals surface area (Å²) in [6.45, 7) is 6.08. The molecule has 5 nitrogen and oxygen atoms in total. The lowest BCUT2D eigenvalue weighted by Gasteiger charge is -2.31. The molecule has 0 radical (unpaired) electrons. The van der Waals surface area contributed by atoms with Gasteiger partial charge in [0.05, 0.1) is 13.2 Å². The van der Waals surface area contributed by atoms with Gasteiger partial charge in [0, 0.05) is 18.3 Å². The molecule has 1 unspecified atom stereocenters. The number of amides is 2. The number of urea groups is 1. The molecular weight excluding hydrogens is 352 g/mol. The molecule has 1 heterocycles. The summed E-state index contributed by atoms with van der Waals surface area (Å²) in [5.74, 6) is 0.723. The quantitative estimate of drug-likeness (QED) is 0.782. The van der Waals surface area contributed by atoms with Gasteiger partial charge in [0.1, 0.15) is 5.75 Å². The number of carbonyl (C=O) groups is 2. The lowest BCUT2D eigenvalue weighted by Crippen LogP contribution is -2.45. The molecule has 5 heteroatoms. The highest BCUT2D eigenvalue weighted by Gasteiger charge is 2.29. The Bertz CT molecular complexity index is 901. The predicted molar refractivity (Wildman–Crippen MR) is 110 cm³/mol. The van der Waals surface area contributed by atoms with Gasteiger partial charge >= 0.3 is 6.03 Å². The van der Waals surface area contributed by atoms with E-state index < -0.39 is 6.04 Å². The van der Waals surface area contributed by atoms with Gasteiger partial charge < -0.3 is 15.0 Å². The Morgan fingerprint density at radius 1 is 1.14 bits per heavy atom. The monoisotopic (exact) mass is 376 g/mol. The van der Waals surface area contributed by atoms with Crippen LogP contribution in [0.1, 0.15) is 30.5 Å². The van der Waals surface area contributed by atoms with Crippen LogP contribution in [0.2, 0.25) is 0 Å². The molecule has 3 rings (SSSR count). The van der Waals surface area contributed by atoms with Crippen molar-refractivity contribution in [2.75, 3.05) is 13.7 Å². The average Bonchev–Trinajstić information content (AvgIpc) is 2.73. The molecule has 2 aromatic rings. The second-order valence-electron chi connectivity index (χ2n) is 6.71. The highest BCUT2D eigenvalue weighted by atomic mass is 16.5. The molecule has 0 spiro atoms. The van der Waals surface area contributed by atoms with Gasteiger partial charge in [-0.2, -0.15) is 0 Å². The van der Waals surface area contributed by atoms with E-state index in [1.807, 2.05) is 54.6 Å². The summed E-state index contributed by atoms with van der Waals surface area (Å²) in [5, 5.41) is 2.94. The maximum Gasteiger partial charge on any atom is 0.322 e. The summed E-state index contributed by atoms with van der Waals surface area (Å²) in [4.78, 5) is 26.3. The van der Waals surface area contributed by atoms with Crippen LogP contribution in [0, 0.1) is 0 Å². The third kappa shape index (κ3) is 4.31. The number of Topliss-reactive ketones (excluding diaryl/α,β-unsaturated/α-hetero) is 1. The highest BCUT2D eigenvalue weighted by molar-refractivity contribution is 5.97. The minimum atomic E-state index is -0.424. The lowest BCUT2D eigenvalue weighted by atomic mass is 9.95. The van der Waals surface area contributed by atoms with E-state index in [0.717, 1.165) is 22.4 Å². The minimum Gasteiger partial charge on any atom is -0.497 e. The van der Waals surface area contributed by atoms with Crippen LogP contribution in [0.15, 0.2) is 72.9 Å². The van der Waals surface area contributed by atoms with Gasteiger partial charge in [-0.15, -0.1) is 0 Å². The van der Waals surface area contributed by atoms with E-state index in [9.17, 15) is 9.59 Å². The normalized spacial score (nSPS) is 16.2. The number of nitrogens with one attached hydrogen (secondary N) is 1. The maximum atomic E-state index is 12.6. The standard InChI is InChI=1S/C23H24N2O3/c1-16(18-9-11-20(28-3)12-10-18)13-14-25-15-21(17(2)26)22(24-23(25)27)19-7-5-4-6-8-19/h4-12,15,22H,1,13-14H2,2-3H3,(H,24,27). The molecule has 0 bridgehead atoms. The number of methoxy groups -OCH3 is 1. The molecule has 2 aromatic carbocycles. The topological polar surface area (TPSA) is 58.6 Å². The van der Waals surface area contributed by atoms with Gasteiger partial charge in [0.2, 0.25) is 0 Å². The highest BCUT2D eigenvalue weighted by Crippen LogP contribution is 2.27. The second kappa shape index (κ2) is 8.57. The molecule has 144 valence electrons. The Kier molecular flexibility index (Phi) is 5.94. The summed E-state index contributed by atoms with van der Waals surface area (Å²) in [7, 11) is 1.63. The first kappa shape index (κ1) is 19.4. The molecule has 1 N–H and O–H groups in total. The fourth-order valence-corrected chi connectivity index (χ4v) is 3.18. The first-order chi connectivity index (χ1) is 13.5. The molecule has 0 aliphatic carbocycles. The molecule has 28 heavy (non-hydrogen) atoms. The van der Waals surface area contributed by atoms with Crippen molar-refractivity contribution in [1.82, 2.24) is 10.2 Å². The van der Waals surface area contributed by atoms with Gasteiger partial charge in [-0.25, -0.2) is 4.79 Å². The number of hydrogen-bond acceptors (Lipinski definition) is 3. The van der Waals surface area contributed by atoms with Crippen LogP contribution in [-0.2, 0) is 4.79 Å². The van der Waals surface area contributed by atoms with Crippen LogP contribution in [0.5, 0.6) is 5.75 Å². The maximum absolute atomic E-state index is 12.6. The van der Waals surface area contributed by atoms with E-state index in [1.165, 1.54) is 6.92 Å². The zero-order chi connectivity index (χ0) is 20.1. The largest absolute Gasteiger partial charge is 0.497 e. The Hall–Kier alpha value is -3.34. The number of ketones is 1. The van der Waals surface area contributed by atoms with Crippen molar-refractivity contribution in [3.63, 3.8) is 0 Å². The number of benzene rings is 2. The van der Waals surface area contributed by atoms with E-state index in [-0.39, 0.29) is 11.8 Å². The van der Waals surface area contributed by atoms with Gasteiger partial charge in [-0.3, -0.25) is 4.79 Å². The van der Waals surface area contributed by atoms with Crippen molar-refractivity contribution in [1.29, 1.82) is 0 Å². The average molecular weight is 376 g/mol. The molecule has 1 aliphatic heterocycles. The first-order valence-electron chi connectivity index (χ1n) is 9.16. The Morgan fingerprint density at radius 2 is 1.82 bits per heavy atom. The van der Waals surface area contributed by atoms with Gasteiger partial charge in [0.25, 0.3) is 0 Å². The summed E-state index contributed by atoms with van der Waals surface area (Å²) < 4.78 is 5.17. The third-order valence-corrected chi connectivity index (χ3v) is 4.83. The predicted octanol–water partition coefficient (Wildman–Crippen LogP) is 4.34. The number of hydrogen-bond donors (Lipinski definition) is 1. The fraction of sp³-hybridized carbons (Fsp3) is 0.217. The number of nitrogens with zero attached hydrogens (tertiary/aromatic N) is 1. The molecule has 0 saturated carbocycles. The number of rotatable bonds is 7.